The van der Waals surface area contributed by atoms with Crippen molar-refractivity contribution in [2.45, 2.75) is 81.5 Å². The molecule has 0 radical (unpaired) electrons. The molecule has 0 amide bonds. The zero-order chi connectivity index (χ0) is 23.3. The van der Waals surface area contributed by atoms with Gasteiger partial charge in [0.05, 0.1) is 25.9 Å². The lowest BCUT2D eigenvalue weighted by Crippen LogP contribution is -2.64. The van der Waals surface area contributed by atoms with Crippen molar-refractivity contribution in [3.8, 4) is 0 Å². The minimum Gasteiger partial charge on any atom is -0.463 e. The van der Waals surface area contributed by atoms with Crippen LogP contribution in [0.1, 0.15) is 20.3 Å². The minimum atomic E-state index is -1.73. The molecule has 1 unspecified atom stereocenters. The Kier molecular flexibility index (Phi) is 9.76. The normalized spacial score (nSPS) is 41.8. The molecule has 2 aliphatic rings. The minimum absolute atomic E-state index is 0.0559. The van der Waals surface area contributed by atoms with E-state index in [-0.39, 0.29) is 13.0 Å². The van der Waals surface area contributed by atoms with Gasteiger partial charge in [-0.15, -0.1) is 0 Å². The van der Waals surface area contributed by atoms with Gasteiger partial charge in [0.15, 0.2) is 6.29 Å². The predicted molar refractivity (Wildman–Crippen MR) is 101 cm³/mol. The van der Waals surface area contributed by atoms with Gasteiger partial charge in [0.2, 0.25) is 0 Å². The van der Waals surface area contributed by atoms with Crippen LogP contribution in [0.2, 0.25) is 0 Å². The lowest BCUT2D eigenvalue weighted by molar-refractivity contribution is -0.341. The molecule has 0 spiro atoms. The Balaban J connectivity index is 2.09. The second-order valence-electron chi connectivity index (χ2n) is 7.62. The topological polar surface area (TPSA) is 196 Å². The molecular formula is C19H32O12. The maximum atomic E-state index is 11.6. The molecule has 2 saturated heterocycles. The maximum Gasteiger partial charge on any atom is 0.330 e. The average Bonchev–Trinajstić information content (AvgIpc) is 2.73. The van der Waals surface area contributed by atoms with Crippen molar-refractivity contribution in [1.82, 2.24) is 0 Å². The van der Waals surface area contributed by atoms with E-state index in [1.807, 2.05) is 0 Å². The Labute approximate surface area is 179 Å². The van der Waals surface area contributed by atoms with E-state index in [0.717, 1.165) is 0 Å². The highest BCUT2D eigenvalue weighted by Crippen LogP contribution is 2.30. The maximum absolute atomic E-state index is 11.6. The average molecular weight is 452 g/mol. The number of hydrogen-bond acceptors (Lipinski definition) is 12. The van der Waals surface area contributed by atoms with E-state index in [4.69, 9.17) is 18.9 Å². The van der Waals surface area contributed by atoms with Gasteiger partial charge in [0.1, 0.15) is 48.8 Å². The van der Waals surface area contributed by atoms with Gasteiger partial charge in [-0.05, 0) is 20.3 Å². The summed E-state index contributed by atoms with van der Waals surface area (Å²) in [5.74, 6) is -0.562. The zero-order valence-electron chi connectivity index (χ0n) is 17.4. The molecule has 7 N–H and O–H groups in total. The van der Waals surface area contributed by atoms with Crippen LogP contribution < -0.4 is 0 Å². The van der Waals surface area contributed by atoms with Gasteiger partial charge in [-0.25, -0.2) is 4.79 Å². The van der Waals surface area contributed by atoms with E-state index in [9.17, 15) is 40.5 Å². The fourth-order valence-electron chi connectivity index (χ4n) is 3.60. The third-order valence-corrected chi connectivity index (χ3v) is 5.28. The quantitative estimate of drug-likeness (QED) is 0.142. The molecule has 2 fully saturated rings. The van der Waals surface area contributed by atoms with Gasteiger partial charge in [-0.2, -0.15) is 0 Å². The highest BCUT2D eigenvalue weighted by atomic mass is 16.7. The van der Waals surface area contributed by atoms with Gasteiger partial charge >= 0.3 is 5.97 Å². The van der Waals surface area contributed by atoms with Crippen molar-refractivity contribution in [1.29, 1.82) is 0 Å². The second-order valence-corrected chi connectivity index (χ2v) is 7.62. The first-order valence-electron chi connectivity index (χ1n) is 10.1. The van der Waals surface area contributed by atoms with Crippen LogP contribution in [0.5, 0.6) is 0 Å². The van der Waals surface area contributed by atoms with E-state index in [2.05, 4.69) is 0 Å². The summed E-state index contributed by atoms with van der Waals surface area (Å²) in [6, 6.07) is 0. The standard InChI is InChI=1S/C19H32O12/c1-3-28-12(22)5-8(2)4-9-13(23)16(26)18(11(7-21)29-9)31-19-17(27)15(25)14(24)10(6-20)30-19/h5,9-11,13-21,23-27H,3-4,6-7H2,1-2H3/t9-,10+,11+,13-,14-,15-,16+,17+,18+,19?/m0/s1. The van der Waals surface area contributed by atoms with Crippen LogP contribution in [0.3, 0.4) is 0 Å². The van der Waals surface area contributed by atoms with Crippen LogP contribution in [0.15, 0.2) is 11.6 Å². The van der Waals surface area contributed by atoms with Crippen molar-refractivity contribution < 1.29 is 59.5 Å². The summed E-state index contributed by atoms with van der Waals surface area (Å²) in [6.07, 6.45) is -13.1. The van der Waals surface area contributed by atoms with Crippen LogP contribution in [-0.2, 0) is 23.7 Å². The van der Waals surface area contributed by atoms with E-state index < -0.39 is 80.4 Å². The van der Waals surface area contributed by atoms with Gasteiger partial charge in [0, 0.05) is 6.08 Å². The molecule has 2 heterocycles. The SMILES string of the molecule is CCOC(=O)C=C(C)C[C@@H]1O[C@H](CO)[C@@H](OC2O[C@H](CO)[C@H](O)[C@H](O)[C@H]2O)[C@H](O)[C@H]1O. The number of aliphatic hydroxyl groups is 7. The molecule has 0 aromatic heterocycles. The summed E-state index contributed by atoms with van der Waals surface area (Å²) in [5.41, 5.74) is 0.514. The molecule has 0 aromatic rings. The van der Waals surface area contributed by atoms with Crippen molar-refractivity contribution >= 4 is 5.97 Å². The summed E-state index contributed by atoms with van der Waals surface area (Å²) in [7, 11) is 0. The summed E-state index contributed by atoms with van der Waals surface area (Å²) in [6.45, 7) is 2.18. The molecule has 0 aliphatic carbocycles. The van der Waals surface area contributed by atoms with Crippen molar-refractivity contribution in [2.24, 2.45) is 0 Å². The third kappa shape index (κ3) is 6.20. The van der Waals surface area contributed by atoms with Crippen molar-refractivity contribution in [3.63, 3.8) is 0 Å². The highest BCUT2D eigenvalue weighted by molar-refractivity contribution is 5.82. The van der Waals surface area contributed by atoms with Crippen LogP contribution in [-0.4, -0.2) is 123 Å². The van der Waals surface area contributed by atoms with E-state index >= 15 is 0 Å². The monoisotopic (exact) mass is 452 g/mol. The molecule has 0 aromatic carbocycles. The molecule has 10 atom stereocenters. The Bertz CT molecular complexity index is 609. The lowest BCUT2D eigenvalue weighted by Gasteiger charge is -2.46. The first kappa shape index (κ1) is 26.1. The Morgan fingerprint density at radius 1 is 0.871 bits per heavy atom. The molecule has 12 nitrogen and oxygen atoms in total. The van der Waals surface area contributed by atoms with Gasteiger partial charge in [-0.1, -0.05) is 5.57 Å². The number of carbonyl (C=O) groups is 1. The molecule has 2 aliphatic heterocycles. The lowest BCUT2D eigenvalue weighted by atomic mass is 9.91. The van der Waals surface area contributed by atoms with Crippen LogP contribution in [0.25, 0.3) is 0 Å². The molecular weight excluding hydrogens is 420 g/mol. The molecule has 2 rings (SSSR count). The molecule has 0 saturated carbocycles. The number of ether oxygens (including phenoxy) is 4. The molecule has 0 bridgehead atoms. The van der Waals surface area contributed by atoms with E-state index in [1.54, 1.807) is 13.8 Å². The van der Waals surface area contributed by atoms with Crippen LogP contribution in [0.4, 0.5) is 0 Å². The summed E-state index contributed by atoms with van der Waals surface area (Å²) < 4.78 is 21.2. The number of esters is 1. The van der Waals surface area contributed by atoms with Gasteiger partial charge < -0.3 is 54.7 Å². The Hall–Kier alpha value is -1.19. The van der Waals surface area contributed by atoms with Crippen LogP contribution >= 0.6 is 0 Å². The van der Waals surface area contributed by atoms with Crippen LogP contribution in [0, 0.1) is 0 Å². The third-order valence-electron chi connectivity index (χ3n) is 5.28. The number of aliphatic hydroxyl groups excluding tert-OH is 7. The summed E-state index contributed by atoms with van der Waals surface area (Å²) >= 11 is 0. The zero-order valence-corrected chi connectivity index (χ0v) is 17.4. The van der Waals surface area contributed by atoms with E-state index in [0.29, 0.717) is 5.57 Å². The number of rotatable bonds is 8. The molecule has 31 heavy (non-hydrogen) atoms. The Morgan fingerprint density at radius 2 is 1.48 bits per heavy atom. The number of hydrogen-bond donors (Lipinski definition) is 7. The fourth-order valence-corrected chi connectivity index (χ4v) is 3.60. The predicted octanol–water partition coefficient (Wildman–Crippen LogP) is -3.45. The first-order valence-corrected chi connectivity index (χ1v) is 10.1. The number of carbonyl (C=O) groups excluding carboxylic acids is 1. The van der Waals surface area contributed by atoms with E-state index in [1.165, 1.54) is 6.08 Å². The first-order chi connectivity index (χ1) is 14.6. The molecule has 180 valence electrons. The fraction of sp³-hybridized carbons (Fsp3) is 0.842. The summed E-state index contributed by atoms with van der Waals surface area (Å²) in [5, 5.41) is 69.9. The largest absolute Gasteiger partial charge is 0.463 e. The second kappa shape index (κ2) is 11.6. The van der Waals surface area contributed by atoms with Gasteiger partial charge in [0.25, 0.3) is 0 Å². The highest BCUT2D eigenvalue weighted by Gasteiger charge is 2.50. The summed E-state index contributed by atoms with van der Waals surface area (Å²) in [4.78, 5) is 11.6. The van der Waals surface area contributed by atoms with Crippen molar-refractivity contribution in [2.75, 3.05) is 19.8 Å². The Morgan fingerprint density at radius 3 is 2.06 bits per heavy atom. The molecule has 12 heteroatoms. The van der Waals surface area contributed by atoms with Gasteiger partial charge in [-0.3, -0.25) is 0 Å². The smallest absolute Gasteiger partial charge is 0.330 e. The van der Waals surface area contributed by atoms with Crippen molar-refractivity contribution in [3.05, 3.63) is 11.6 Å².